The summed E-state index contributed by atoms with van der Waals surface area (Å²) in [6.07, 6.45) is 5.49. The van der Waals surface area contributed by atoms with Crippen LogP contribution in [0, 0.1) is 0 Å². The summed E-state index contributed by atoms with van der Waals surface area (Å²) in [5.74, 6) is 0.0103. The molecular weight excluding hydrogens is 393 g/mol. The summed E-state index contributed by atoms with van der Waals surface area (Å²) in [5.41, 5.74) is 4.15. The molecule has 1 aromatic carbocycles. The second kappa shape index (κ2) is 8.40. The van der Waals surface area contributed by atoms with E-state index in [-0.39, 0.29) is 11.1 Å². The monoisotopic (exact) mass is 417 g/mol. The van der Waals surface area contributed by atoms with Gasteiger partial charge in [0.15, 0.2) is 0 Å². The highest BCUT2D eigenvalue weighted by atomic mass is 35.5. The third-order valence-electron chi connectivity index (χ3n) is 5.94. The van der Waals surface area contributed by atoms with E-state index in [1.165, 1.54) is 11.1 Å². The summed E-state index contributed by atoms with van der Waals surface area (Å²) >= 11 is 12.6. The number of carbonyl (C=O) groups is 1. The number of hydrogen-bond acceptors (Lipinski definition) is 3. The van der Waals surface area contributed by atoms with Crippen molar-refractivity contribution in [3.63, 3.8) is 0 Å². The van der Waals surface area contributed by atoms with Crippen LogP contribution < -0.4 is 0 Å². The first kappa shape index (κ1) is 19.7. The molecular formula is C22H25Cl2N3O. The SMILES string of the molecule is CN(Cc1c(C(=O)N2CCCC2)cc(Cl)nc1Cl)C1CCCc2ccccc21. The summed E-state index contributed by atoms with van der Waals surface area (Å²) in [4.78, 5) is 21.5. The second-order valence-electron chi connectivity index (χ2n) is 7.78. The van der Waals surface area contributed by atoms with E-state index in [0.29, 0.717) is 23.3 Å². The van der Waals surface area contributed by atoms with Gasteiger partial charge in [-0.3, -0.25) is 9.69 Å². The van der Waals surface area contributed by atoms with Gasteiger partial charge in [0.25, 0.3) is 5.91 Å². The number of pyridine rings is 1. The Labute approximate surface area is 176 Å². The van der Waals surface area contributed by atoms with E-state index in [2.05, 4.69) is 41.2 Å². The Bertz CT molecular complexity index is 880. The van der Waals surface area contributed by atoms with E-state index >= 15 is 0 Å². The van der Waals surface area contributed by atoms with Crippen molar-refractivity contribution in [1.82, 2.24) is 14.8 Å². The lowest BCUT2D eigenvalue weighted by Crippen LogP contribution is -2.31. The highest BCUT2D eigenvalue weighted by Gasteiger charge is 2.28. The number of benzene rings is 1. The van der Waals surface area contributed by atoms with E-state index in [4.69, 9.17) is 23.2 Å². The van der Waals surface area contributed by atoms with Crippen LogP contribution in [0.15, 0.2) is 30.3 Å². The average Bonchev–Trinajstić information content (AvgIpc) is 3.23. The summed E-state index contributed by atoms with van der Waals surface area (Å²) in [6, 6.07) is 10.6. The van der Waals surface area contributed by atoms with Gasteiger partial charge in [-0.2, -0.15) is 0 Å². The maximum absolute atomic E-state index is 13.1. The fourth-order valence-corrected chi connectivity index (χ4v) is 4.98. The van der Waals surface area contributed by atoms with Gasteiger partial charge in [-0.05, 0) is 56.3 Å². The molecule has 0 spiro atoms. The number of likely N-dealkylation sites (tertiary alicyclic amines) is 1. The molecule has 1 amide bonds. The van der Waals surface area contributed by atoms with Crippen LogP contribution in [0.1, 0.15) is 58.8 Å². The van der Waals surface area contributed by atoms with Crippen LogP contribution >= 0.6 is 23.2 Å². The molecule has 0 bridgehead atoms. The van der Waals surface area contributed by atoms with Crippen molar-refractivity contribution in [1.29, 1.82) is 0 Å². The zero-order valence-corrected chi connectivity index (χ0v) is 17.6. The molecule has 6 heteroatoms. The molecule has 0 N–H and O–H groups in total. The largest absolute Gasteiger partial charge is 0.339 e. The fourth-order valence-electron chi connectivity index (χ4n) is 4.49. The zero-order chi connectivity index (χ0) is 19.7. The molecule has 0 saturated carbocycles. The Morgan fingerprint density at radius 1 is 1.21 bits per heavy atom. The molecule has 2 heterocycles. The molecule has 4 rings (SSSR count). The molecule has 28 heavy (non-hydrogen) atoms. The van der Waals surface area contributed by atoms with Crippen molar-refractivity contribution in [2.45, 2.75) is 44.7 Å². The highest BCUT2D eigenvalue weighted by molar-refractivity contribution is 6.33. The Hall–Kier alpha value is -1.62. The predicted octanol–water partition coefficient (Wildman–Crippen LogP) is 5.13. The standard InChI is InChI=1S/C22H25Cl2N3O/c1-26(19-10-6-8-15-7-2-3-9-16(15)19)14-18-17(13-20(23)25-21(18)24)22(28)27-11-4-5-12-27/h2-3,7,9,13,19H,4-6,8,10-12,14H2,1H3. The maximum atomic E-state index is 13.1. The van der Waals surface area contributed by atoms with Crippen LogP contribution in [0.4, 0.5) is 0 Å². The van der Waals surface area contributed by atoms with Crippen LogP contribution in [0.3, 0.4) is 0 Å². The average molecular weight is 418 g/mol. The van der Waals surface area contributed by atoms with Crippen molar-refractivity contribution >= 4 is 29.1 Å². The van der Waals surface area contributed by atoms with Gasteiger partial charge in [0.2, 0.25) is 0 Å². The minimum absolute atomic E-state index is 0.0103. The Kier molecular flexibility index (Phi) is 5.91. The van der Waals surface area contributed by atoms with Crippen molar-refractivity contribution < 1.29 is 4.79 Å². The number of hydrogen-bond donors (Lipinski definition) is 0. The summed E-state index contributed by atoms with van der Waals surface area (Å²) in [6.45, 7) is 2.15. The number of aryl methyl sites for hydroxylation is 1. The van der Waals surface area contributed by atoms with Gasteiger partial charge >= 0.3 is 0 Å². The summed E-state index contributed by atoms with van der Waals surface area (Å²) < 4.78 is 0. The predicted molar refractivity (Wildman–Crippen MR) is 113 cm³/mol. The lowest BCUT2D eigenvalue weighted by Gasteiger charge is -2.34. The highest BCUT2D eigenvalue weighted by Crippen LogP contribution is 2.35. The van der Waals surface area contributed by atoms with E-state index < -0.39 is 0 Å². The molecule has 1 atom stereocenters. The van der Waals surface area contributed by atoms with E-state index in [1.54, 1.807) is 6.07 Å². The first-order valence-corrected chi connectivity index (χ1v) is 10.7. The van der Waals surface area contributed by atoms with Crippen molar-refractivity contribution in [2.75, 3.05) is 20.1 Å². The van der Waals surface area contributed by atoms with Crippen LogP contribution in [-0.4, -0.2) is 40.8 Å². The van der Waals surface area contributed by atoms with Crippen LogP contribution in [0.25, 0.3) is 0 Å². The normalized spacial score (nSPS) is 19.1. The zero-order valence-electron chi connectivity index (χ0n) is 16.1. The number of nitrogens with zero attached hydrogens (tertiary/aromatic N) is 3. The molecule has 1 unspecified atom stereocenters. The number of fused-ring (bicyclic) bond motifs is 1. The number of amides is 1. The molecule has 0 radical (unpaired) electrons. The van der Waals surface area contributed by atoms with Crippen molar-refractivity contribution in [3.8, 4) is 0 Å². The number of rotatable bonds is 4. The van der Waals surface area contributed by atoms with Crippen LogP contribution in [-0.2, 0) is 13.0 Å². The van der Waals surface area contributed by atoms with Gasteiger partial charge in [0.1, 0.15) is 10.3 Å². The lowest BCUT2D eigenvalue weighted by atomic mass is 9.87. The molecule has 1 saturated heterocycles. The smallest absolute Gasteiger partial charge is 0.254 e. The van der Waals surface area contributed by atoms with Gasteiger partial charge in [0, 0.05) is 31.2 Å². The molecule has 1 aromatic heterocycles. The van der Waals surface area contributed by atoms with E-state index in [9.17, 15) is 4.79 Å². The van der Waals surface area contributed by atoms with Crippen LogP contribution in [0.5, 0.6) is 0 Å². The third-order valence-corrected chi connectivity index (χ3v) is 6.45. The van der Waals surface area contributed by atoms with Gasteiger partial charge in [0.05, 0.1) is 5.56 Å². The van der Waals surface area contributed by atoms with Crippen molar-refractivity contribution in [2.24, 2.45) is 0 Å². The quantitative estimate of drug-likeness (QED) is 0.646. The Morgan fingerprint density at radius 2 is 1.96 bits per heavy atom. The molecule has 4 nitrogen and oxygen atoms in total. The molecule has 2 aliphatic rings. The van der Waals surface area contributed by atoms with Crippen LogP contribution in [0.2, 0.25) is 10.3 Å². The summed E-state index contributed by atoms with van der Waals surface area (Å²) in [5, 5.41) is 0.591. The molecule has 148 valence electrons. The van der Waals surface area contributed by atoms with Gasteiger partial charge in [-0.25, -0.2) is 4.98 Å². The van der Waals surface area contributed by atoms with Gasteiger partial charge < -0.3 is 4.90 Å². The lowest BCUT2D eigenvalue weighted by molar-refractivity contribution is 0.0790. The number of aromatic nitrogens is 1. The number of carbonyl (C=O) groups excluding carboxylic acids is 1. The minimum atomic E-state index is 0.0103. The minimum Gasteiger partial charge on any atom is -0.339 e. The number of halogens is 2. The molecule has 1 aliphatic heterocycles. The Balaban J connectivity index is 1.63. The second-order valence-corrected chi connectivity index (χ2v) is 8.53. The maximum Gasteiger partial charge on any atom is 0.254 e. The molecule has 1 aliphatic carbocycles. The topological polar surface area (TPSA) is 36.4 Å². The first-order valence-electron chi connectivity index (χ1n) is 9.97. The third kappa shape index (κ3) is 3.91. The van der Waals surface area contributed by atoms with Gasteiger partial charge in [-0.1, -0.05) is 47.5 Å². The first-order chi connectivity index (χ1) is 13.5. The van der Waals surface area contributed by atoms with E-state index in [1.807, 2.05) is 4.90 Å². The fraction of sp³-hybridized carbons (Fsp3) is 0.455. The molecule has 2 aromatic rings. The van der Waals surface area contributed by atoms with E-state index in [0.717, 1.165) is 50.8 Å². The molecule has 1 fully saturated rings. The Morgan fingerprint density at radius 3 is 2.75 bits per heavy atom. The van der Waals surface area contributed by atoms with Crippen molar-refractivity contribution in [3.05, 3.63) is 62.9 Å². The summed E-state index contributed by atoms with van der Waals surface area (Å²) in [7, 11) is 2.10. The van der Waals surface area contributed by atoms with Gasteiger partial charge in [-0.15, -0.1) is 0 Å².